The summed E-state index contributed by atoms with van der Waals surface area (Å²) in [5.41, 5.74) is 2.78. The minimum Gasteiger partial charge on any atom is -0.0651 e. The summed E-state index contributed by atoms with van der Waals surface area (Å²) in [5.74, 6) is 0.404. The quantitative estimate of drug-likeness (QED) is 0.635. The van der Waals surface area contributed by atoms with Gasteiger partial charge in [-0.25, -0.2) is 0 Å². The van der Waals surface area contributed by atoms with Crippen molar-refractivity contribution in [2.75, 3.05) is 0 Å². The molecule has 0 aliphatic heterocycles. The first kappa shape index (κ1) is 9.31. The molecule has 0 nitrogen and oxygen atoms in total. The smallest absolute Gasteiger partial charge is 0.0190 e. The normalized spacial score (nSPS) is 10.7. The van der Waals surface area contributed by atoms with E-state index >= 15 is 0 Å². The summed E-state index contributed by atoms with van der Waals surface area (Å²) in [4.78, 5) is 0. The number of rotatable bonds is 3. The highest BCUT2D eigenvalue weighted by molar-refractivity contribution is 5.26. The predicted octanol–water partition coefficient (Wildman–Crippen LogP) is 3.58. The fourth-order valence-electron chi connectivity index (χ4n) is 1.34. The van der Waals surface area contributed by atoms with Crippen molar-refractivity contribution < 1.29 is 0 Å². The molecule has 0 fully saturated rings. The minimum absolute atomic E-state index is 0.404. The van der Waals surface area contributed by atoms with Crippen molar-refractivity contribution in [3.63, 3.8) is 0 Å². The second-order valence-corrected chi connectivity index (χ2v) is 3.40. The molecule has 0 spiro atoms. The molecule has 0 heterocycles. The molecule has 1 radical (unpaired) electrons. The average molecular weight is 161 g/mol. The number of aryl methyl sites for hydroxylation is 1. The van der Waals surface area contributed by atoms with Gasteiger partial charge in [0.15, 0.2) is 0 Å². The van der Waals surface area contributed by atoms with Gasteiger partial charge in [-0.15, -0.1) is 0 Å². The van der Waals surface area contributed by atoms with Crippen molar-refractivity contribution >= 4 is 0 Å². The van der Waals surface area contributed by atoms with Crippen LogP contribution in [0.25, 0.3) is 0 Å². The summed E-state index contributed by atoms with van der Waals surface area (Å²) in [6, 6.07) is 8.73. The Morgan fingerprint density at radius 1 is 1.42 bits per heavy atom. The number of hydrogen-bond acceptors (Lipinski definition) is 0. The van der Waals surface area contributed by atoms with Gasteiger partial charge in [-0.05, 0) is 30.4 Å². The Kier molecular flexibility index (Phi) is 3.33. The van der Waals surface area contributed by atoms with E-state index < -0.39 is 0 Å². The van der Waals surface area contributed by atoms with Crippen molar-refractivity contribution in [3.05, 3.63) is 42.3 Å². The van der Waals surface area contributed by atoms with Crippen LogP contribution in [-0.2, 0) is 6.42 Å². The van der Waals surface area contributed by atoms with Crippen LogP contribution in [0.3, 0.4) is 0 Å². The predicted molar refractivity (Wildman–Crippen MR) is 54.2 cm³/mol. The molecule has 12 heavy (non-hydrogen) atoms. The summed E-state index contributed by atoms with van der Waals surface area (Å²) in [6.07, 6.45) is 2.40. The Hall–Kier alpha value is -0.780. The van der Waals surface area contributed by atoms with Crippen LogP contribution in [-0.4, -0.2) is 0 Å². The largest absolute Gasteiger partial charge is 0.0651 e. The van der Waals surface area contributed by atoms with E-state index in [1.165, 1.54) is 24.0 Å². The van der Waals surface area contributed by atoms with Crippen molar-refractivity contribution in [2.45, 2.75) is 32.6 Å². The minimum atomic E-state index is 0.404. The second kappa shape index (κ2) is 4.30. The zero-order valence-electron chi connectivity index (χ0n) is 8.01. The van der Waals surface area contributed by atoms with Crippen LogP contribution in [0, 0.1) is 6.92 Å². The highest BCUT2D eigenvalue weighted by atomic mass is 14.0. The van der Waals surface area contributed by atoms with Crippen LogP contribution in [0.4, 0.5) is 0 Å². The summed E-state index contributed by atoms with van der Waals surface area (Å²) >= 11 is 0. The molecule has 1 aromatic rings. The molecule has 0 aliphatic carbocycles. The average Bonchev–Trinajstić information content (AvgIpc) is 2.05. The SMILES string of the molecule is [CH2]C(C)c1cccc(CCC)c1. The highest BCUT2D eigenvalue weighted by Crippen LogP contribution is 2.15. The zero-order chi connectivity index (χ0) is 8.97. The number of benzene rings is 1. The molecule has 0 amide bonds. The lowest BCUT2D eigenvalue weighted by atomic mass is 9.99. The molecule has 0 aliphatic rings. The molecule has 1 atom stereocenters. The first-order valence-corrected chi connectivity index (χ1v) is 4.66. The van der Waals surface area contributed by atoms with Gasteiger partial charge in [-0.2, -0.15) is 0 Å². The summed E-state index contributed by atoms with van der Waals surface area (Å²) < 4.78 is 0. The Labute approximate surface area is 75.6 Å². The Morgan fingerprint density at radius 2 is 2.17 bits per heavy atom. The first-order chi connectivity index (χ1) is 5.74. The zero-order valence-corrected chi connectivity index (χ0v) is 8.01. The van der Waals surface area contributed by atoms with Crippen LogP contribution in [0.1, 0.15) is 37.3 Å². The van der Waals surface area contributed by atoms with Crippen LogP contribution in [0.15, 0.2) is 24.3 Å². The van der Waals surface area contributed by atoms with E-state index in [2.05, 4.69) is 45.0 Å². The van der Waals surface area contributed by atoms with Gasteiger partial charge in [-0.1, -0.05) is 44.5 Å². The van der Waals surface area contributed by atoms with Gasteiger partial charge in [-0.3, -0.25) is 0 Å². The van der Waals surface area contributed by atoms with E-state index in [-0.39, 0.29) is 0 Å². The van der Waals surface area contributed by atoms with Gasteiger partial charge in [0.25, 0.3) is 0 Å². The van der Waals surface area contributed by atoms with Gasteiger partial charge >= 0.3 is 0 Å². The molecule has 0 N–H and O–H groups in total. The van der Waals surface area contributed by atoms with Gasteiger partial charge in [0, 0.05) is 0 Å². The van der Waals surface area contributed by atoms with Gasteiger partial charge in [0.05, 0.1) is 0 Å². The maximum Gasteiger partial charge on any atom is -0.0190 e. The van der Waals surface area contributed by atoms with Crippen molar-refractivity contribution in [1.29, 1.82) is 0 Å². The van der Waals surface area contributed by atoms with Crippen LogP contribution < -0.4 is 0 Å². The number of hydrogen-bond donors (Lipinski definition) is 0. The van der Waals surface area contributed by atoms with Crippen molar-refractivity contribution in [2.24, 2.45) is 0 Å². The second-order valence-electron chi connectivity index (χ2n) is 3.40. The third-order valence-electron chi connectivity index (χ3n) is 2.06. The third-order valence-corrected chi connectivity index (χ3v) is 2.06. The maximum absolute atomic E-state index is 4.01. The topological polar surface area (TPSA) is 0 Å². The van der Waals surface area contributed by atoms with E-state index in [9.17, 15) is 0 Å². The van der Waals surface area contributed by atoms with Crippen LogP contribution in [0.2, 0.25) is 0 Å². The van der Waals surface area contributed by atoms with Crippen molar-refractivity contribution in [3.8, 4) is 0 Å². The molecular formula is C12H17. The molecule has 0 saturated heterocycles. The van der Waals surface area contributed by atoms with E-state index in [0.717, 1.165) is 0 Å². The lowest BCUT2D eigenvalue weighted by Crippen LogP contribution is -1.90. The van der Waals surface area contributed by atoms with Gasteiger partial charge < -0.3 is 0 Å². The Bertz CT molecular complexity index is 236. The van der Waals surface area contributed by atoms with Crippen molar-refractivity contribution in [1.82, 2.24) is 0 Å². The fourth-order valence-corrected chi connectivity index (χ4v) is 1.34. The van der Waals surface area contributed by atoms with E-state index in [4.69, 9.17) is 0 Å². The van der Waals surface area contributed by atoms with Crippen LogP contribution >= 0.6 is 0 Å². The molecule has 65 valence electrons. The molecule has 1 aromatic carbocycles. The van der Waals surface area contributed by atoms with Crippen LogP contribution in [0.5, 0.6) is 0 Å². The lowest BCUT2D eigenvalue weighted by molar-refractivity contribution is 0.904. The summed E-state index contributed by atoms with van der Waals surface area (Å²) in [6.45, 7) is 8.35. The molecule has 1 unspecified atom stereocenters. The maximum atomic E-state index is 4.01. The molecular weight excluding hydrogens is 144 g/mol. The summed E-state index contributed by atoms with van der Waals surface area (Å²) in [5, 5.41) is 0. The third kappa shape index (κ3) is 2.37. The van der Waals surface area contributed by atoms with E-state index in [0.29, 0.717) is 5.92 Å². The Morgan fingerprint density at radius 3 is 2.75 bits per heavy atom. The molecule has 1 rings (SSSR count). The van der Waals surface area contributed by atoms with E-state index in [1.807, 2.05) is 0 Å². The highest BCUT2D eigenvalue weighted by Gasteiger charge is 1.98. The standard InChI is InChI=1S/C12H17/c1-4-6-11-7-5-8-12(9-11)10(2)3/h5,7-10H,2,4,6H2,1,3H3. The first-order valence-electron chi connectivity index (χ1n) is 4.66. The molecule has 0 bridgehead atoms. The van der Waals surface area contributed by atoms with Gasteiger partial charge in [0.2, 0.25) is 0 Å². The summed E-state index contributed by atoms with van der Waals surface area (Å²) in [7, 11) is 0. The molecule has 0 heteroatoms. The van der Waals surface area contributed by atoms with Gasteiger partial charge in [0.1, 0.15) is 0 Å². The van der Waals surface area contributed by atoms with E-state index in [1.54, 1.807) is 0 Å². The molecule has 0 aromatic heterocycles. The molecule has 0 saturated carbocycles. The monoisotopic (exact) mass is 161 g/mol. The Balaban J connectivity index is 2.81. The lowest BCUT2D eigenvalue weighted by Gasteiger charge is -2.06. The fraction of sp³-hybridized carbons (Fsp3) is 0.417.